The average Bonchev–Trinajstić information content (AvgIpc) is 2.89. The molecule has 1 fully saturated rings. The van der Waals surface area contributed by atoms with Crippen molar-refractivity contribution >= 4 is 5.69 Å². The molecule has 1 heterocycles. The van der Waals surface area contributed by atoms with Gasteiger partial charge in [-0.15, -0.1) is 0 Å². The number of ether oxygens (including phenoxy) is 1. The summed E-state index contributed by atoms with van der Waals surface area (Å²) in [7, 11) is 0. The lowest BCUT2D eigenvalue weighted by Gasteiger charge is -2.19. The van der Waals surface area contributed by atoms with Gasteiger partial charge in [0.2, 0.25) is 0 Å². The van der Waals surface area contributed by atoms with E-state index in [1.54, 1.807) is 0 Å². The molecular formula is C20H27N3O. The van der Waals surface area contributed by atoms with E-state index in [1.165, 1.54) is 18.5 Å². The molecule has 0 radical (unpaired) electrons. The second kappa shape index (κ2) is 8.71. The van der Waals surface area contributed by atoms with Crippen molar-refractivity contribution < 1.29 is 4.74 Å². The third kappa shape index (κ3) is 4.98. The highest BCUT2D eigenvalue weighted by atomic mass is 16.5. The van der Waals surface area contributed by atoms with Gasteiger partial charge in [0.1, 0.15) is 12.4 Å². The number of hydrogen-bond acceptors (Lipinski definition) is 4. The molecule has 0 saturated carbocycles. The molecule has 1 aliphatic rings. The fraction of sp³-hybridized carbons (Fsp3) is 0.400. The fourth-order valence-corrected chi connectivity index (χ4v) is 3.03. The molecule has 1 aliphatic heterocycles. The summed E-state index contributed by atoms with van der Waals surface area (Å²) < 4.78 is 5.85. The summed E-state index contributed by atoms with van der Waals surface area (Å²) >= 11 is 0. The third-order valence-electron chi connectivity index (χ3n) is 4.46. The number of nitrogens with zero attached hydrogens (tertiary/aromatic N) is 1. The zero-order chi connectivity index (χ0) is 16.6. The predicted octanol–water partition coefficient (Wildman–Crippen LogP) is 2.69. The topological polar surface area (TPSA) is 50.5 Å². The molecule has 128 valence electrons. The lowest BCUT2D eigenvalue weighted by Crippen LogP contribution is -2.30. The van der Waals surface area contributed by atoms with Crippen molar-refractivity contribution in [2.24, 2.45) is 0 Å². The minimum absolute atomic E-state index is 0.547. The molecule has 0 amide bonds. The van der Waals surface area contributed by atoms with E-state index in [2.05, 4.69) is 34.5 Å². The number of nitrogens with one attached hydrogen (secondary N) is 1. The van der Waals surface area contributed by atoms with Crippen LogP contribution < -0.4 is 15.8 Å². The highest BCUT2D eigenvalue weighted by molar-refractivity contribution is 5.54. The van der Waals surface area contributed by atoms with Crippen LogP contribution in [0.4, 0.5) is 5.69 Å². The first-order valence-electron chi connectivity index (χ1n) is 8.79. The van der Waals surface area contributed by atoms with Gasteiger partial charge in [-0.05, 0) is 49.2 Å². The Hall–Kier alpha value is -2.04. The van der Waals surface area contributed by atoms with Crippen LogP contribution >= 0.6 is 0 Å². The van der Waals surface area contributed by atoms with Crippen molar-refractivity contribution in [1.29, 1.82) is 0 Å². The fourth-order valence-electron chi connectivity index (χ4n) is 3.03. The van der Waals surface area contributed by atoms with Crippen LogP contribution in [0.2, 0.25) is 0 Å². The third-order valence-corrected chi connectivity index (χ3v) is 4.46. The van der Waals surface area contributed by atoms with Crippen LogP contribution in [0.3, 0.4) is 0 Å². The zero-order valence-corrected chi connectivity index (χ0v) is 14.2. The van der Waals surface area contributed by atoms with Gasteiger partial charge in [-0.2, -0.15) is 0 Å². The van der Waals surface area contributed by atoms with Gasteiger partial charge in [-0.25, -0.2) is 0 Å². The van der Waals surface area contributed by atoms with Crippen molar-refractivity contribution in [3.63, 3.8) is 0 Å². The summed E-state index contributed by atoms with van der Waals surface area (Å²) in [6, 6.07) is 16.3. The van der Waals surface area contributed by atoms with Gasteiger partial charge in [0.25, 0.3) is 0 Å². The number of anilines is 1. The van der Waals surface area contributed by atoms with Crippen LogP contribution in [-0.4, -0.2) is 37.6 Å². The van der Waals surface area contributed by atoms with Crippen molar-refractivity contribution in [2.45, 2.75) is 19.4 Å². The van der Waals surface area contributed by atoms with Gasteiger partial charge in [0.05, 0.1) is 5.69 Å². The Morgan fingerprint density at radius 2 is 1.88 bits per heavy atom. The summed E-state index contributed by atoms with van der Waals surface area (Å²) in [4.78, 5) is 2.52. The second-order valence-electron chi connectivity index (χ2n) is 6.34. The monoisotopic (exact) mass is 325 g/mol. The Bertz CT molecular complexity index is 622. The molecule has 4 nitrogen and oxygen atoms in total. The van der Waals surface area contributed by atoms with Gasteiger partial charge < -0.3 is 20.7 Å². The van der Waals surface area contributed by atoms with E-state index in [0.717, 1.165) is 49.6 Å². The molecule has 0 atom stereocenters. The Morgan fingerprint density at radius 1 is 1.00 bits per heavy atom. The smallest absolute Gasteiger partial charge is 0.142 e. The molecule has 0 bridgehead atoms. The highest BCUT2D eigenvalue weighted by Crippen LogP contribution is 2.24. The van der Waals surface area contributed by atoms with Gasteiger partial charge in [-0.1, -0.05) is 36.4 Å². The summed E-state index contributed by atoms with van der Waals surface area (Å²) in [6.45, 7) is 6.18. The van der Waals surface area contributed by atoms with Gasteiger partial charge in [0, 0.05) is 19.6 Å². The number of nitrogens with two attached hydrogens (primary N) is 1. The lowest BCUT2D eigenvalue weighted by molar-refractivity contribution is 0.296. The van der Waals surface area contributed by atoms with E-state index < -0.39 is 0 Å². The maximum atomic E-state index is 6.17. The molecular weight excluding hydrogens is 298 g/mol. The molecule has 2 aromatic carbocycles. The lowest BCUT2D eigenvalue weighted by atomic mass is 10.1. The summed E-state index contributed by atoms with van der Waals surface area (Å²) in [5.41, 5.74) is 9.32. The maximum absolute atomic E-state index is 6.17. The zero-order valence-electron chi connectivity index (χ0n) is 14.2. The summed E-state index contributed by atoms with van der Waals surface area (Å²) in [5, 5.41) is 3.44. The van der Waals surface area contributed by atoms with Gasteiger partial charge in [-0.3, -0.25) is 0 Å². The van der Waals surface area contributed by atoms with Crippen molar-refractivity contribution in [2.75, 3.05) is 38.5 Å². The Balaban J connectivity index is 1.52. The van der Waals surface area contributed by atoms with E-state index in [-0.39, 0.29) is 0 Å². The average molecular weight is 325 g/mol. The molecule has 2 aromatic rings. The first-order valence-corrected chi connectivity index (χ1v) is 8.79. The standard InChI is InChI=1S/C20H27N3O/c21-19-15-17(9-13-23-12-4-10-22-11-14-23)7-8-20(19)24-16-18-5-2-1-3-6-18/h1-3,5-8,15,22H,4,9-14,16,21H2. The van der Waals surface area contributed by atoms with Crippen LogP contribution in [0, 0.1) is 0 Å². The molecule has 0 spiro atoms. The van der Waals surface area contributed by atoms with E-state index in [1.807, 2.05) is 24.3 Å². The molecule has 3 rings (SSSR count). The van der Waals surface area contributed by atoms with E-state index in [4.69, 9.17) is 10.5 Å². The Labute approximate surface area is 144 Å². The predicted molar refractivity (Wildman–Crippen MR) is 99.3 cm³/mol. The summed E-state index contributed by atoms with van der Waals surface area (Å²) in [5.74, 6) is 0.765. The van der Waals surface area contributed by atoms with Crippen LogP contribution in [0.15, 0.2) is 48.5 Å². The minimum Gasteiger partial charge on any atom is -0.487 e. The van der Waals surface area contributed by atoms with E-state index in [0.29, 0.717) is 6.61 Å². The van der Waals surface area contributed by atoms with Crippen LogP contribution in [0.25, 0.3) is 0 Å². The van der Waals surface area contributed by atoms with Crippen molar-refractivity contribution in [3.8, 4) is 5.75 Å². The van der Waals surface area contributed by atoms with Crippen LogP contribution in [0.1, 0.15) is 17.5 Å². The number of nitrogen functional groups attached to an aromatic ring is 1. The summed E-state index contributed by atoms with van der Waals surface area (Å²) in [6.07, 6.45) is 2.26. The molecule has 3 N–H and O–H groups in total. The first-order chi connectivity index (χ1) is 11.8. The van der Waals surface area contributed by atoms with Crippen LogP contribution in [0.5, 0.6) is 5.75 Å². The van der Waals surface area contributed by atoms with Gasteiger partial charge in [0.15, 0.2) is 0 Å². The number of rotatable bonds is 6. The number of hydrogen-bond donors (Lipinski definition) is 2. The molecule has 0 aromatic heterocycles. The highest BCUT2D eigenvalue weighted by Gasteiger charge is 2.09. The Kier molecular flexibility index (Phi) is 6.10. The SMILES string of the molecule is Nc1cc(CCN2CCCNCC2)ccc1OCc1ccccc1. The molecule has 0 unspecified atom stereocenters. The number of benzene rings is 2. The second-order valence-corrected chi connectivity index (χ2v) is 6.34. The van der Waals surface area contributed by atoms with Crippen molar-refractivity contribution in [1.82, 2.24) is 10.2 Å². The molecule has 1 saturated heterocycles. The minimum atomic E-state index is 0.547. The maximum Gasteiger partial charge on any atom is 0.142 e. The van der Waals surface area contributed by atoms with E-state index >= 15 is 0 Å². The van der Waals surface area contributed by atoms with Gasteiger partial charge >= 0.3 is 0 Å². The molecule has 4 heteroatoms. The molecule has 0 aliphatic carbocycles. The quantitative estimate of drug-likeness (QED) is 0.802. The normalized spacial score (nSPS) is 15.8. The largest absolute Gasteiger partial charge is 0.487 e. The van der Waals surface area contributed by atoms with Crippen LogP contribution in [-0.2, 0) is 13.0 Å². The van der Waals surface area contributed by atoms with Crippen molar-refractivity contribution in [3.05, 3.63) is 59.7 Å². The first kappa shape index (κ1) is 16.8. The van der Waals surface area contributed by atoms with E-state index in [9.17, 15) is 0 Å². The molecule has 24 heavy (non-hydrogen) atoms. The Morgan fingerprint density at radius 3 is 2.71 bits per heavy atom.